The zero-order valence-electron chi connectivity index (χ0n) is 16.8. The van der Waals surface area contributed by atoms with E-state index >= 15 is 0 Å². The largest absolute Gasteiger partial charge is 0.341 e. The monoisotopic (exact) mass is 420 g/mol. The van der Waals surface area contributed by atoms with Gasteiger partial charge in [0.1, 0.15) is 6.54 Å². The molecule has 30 heavy (non-hydrogen) atoms. The fourth-order valence-corrected chi connectivity index (χ4v) is 4.58. The van der Waals surface area contributed by atoms with Crippen LogP contribution in [0.3, 0.4) is 0 Å². The smallest absolute Gasteiger partial charge is 0.294 e. The van der Waals surface area contributed by atoms with Gasteiger partial charge in [-0.3, -0.25) is 19.3 Å². The summed E-state index contributed by atoms with van der Waals surface area (Å²) in [4.78, 5) is 40.9. The molecular weight excluding hydrogens is 396 g/mol. The van der Waals surface area contributed by atoms with Crippen molar-refractivity contribution in [1.82, 2.24) is 9.80 Å². The van der Waals surface area contributed by atoms with Crippen molar-refractivity contribution in [2.24, 2.45) is 0 Å². The maximum Gasteiger partial charge on any atom is 0.294 e. The van der Waals surface area contributed by atoms with E-state index in [1.165, 1.54) is 0 Å². The first-order valence-corrected chi connectivity index (χ1v) is 11.1. The molecule has 0 N–H and O–H groups in total. The molecule has 2 fully saturated rings. The number of carbonyl (C=O) groups is 3. The molecule has 3 amide bonds. The number of hydrogen-bond acceptors (Lipinski definition) is 4. The average molecular weight is 421 g/mol. The molecule has 2 heterocycles. The highest BCUT2D eigenvalue weighted by atomic mass is 32.2. The molecule has 154 valence electrons. The van der Waals surface area contributed by atoms with Crippen molar-refractivity contribution < 1.29 is 14.4 Å². The van der Waals surface area contributed by atoms with Crippen LogP contribution in [0.1, 0.15) is 31.2 Å². The highest BCUT2D eigenvalue weighted by Crippen LogP contribution is 2.32. The van der Waals surface area contributed by atoms with Gasteiger partial charge in [0.25, 0.3) is 11.1 Å². The summed E-state index contributed by atoms with van der Waals surface area (Å²) in [6.07, 6.45) is 5.92. The molecule has 5 nitrogen and oxygen atoms in total. The van der Waals surface area contributed by atoms with Crippen LogP contribution in [-0.2, 0) is 9.59 Å². The number of nitrogens with zero attached hydrogens (tertiary/aromatic N) is 2. The zero-order chi connectivity index (χ0) is 20.9. The van der Waals surface area contributed by atoms with Gasteiger partial charge in [-0.15, -0.1) is 0 Å². The summed E-state index contributed by atoms with van der Waals surface area (Å²) in [7, 11) is 0. The van der Waals surface area contributed by atoms with E-state index < -0.39 is 0 Å². The SMILES string of the molecule is O=C(CN1C(=O)S/C(=C/c2ccc(-c3ccccc3)cc2)C1=O)N1CCCCCC1. The van der Waals surface area contributed by atoms with E-state index in [-0.39, 0.29) is 23.6 Å². The predicted molar refractivity (Wildman–Crippen MR) is 120 cm³/mol. The molecule has 2 saturated heterocycles. The van der Waals surface area contributed by atoms with Gasteiger partial charge in [0.2, 0.25) is 5.91 Å². The van der Waals surface area contributed by atoms with Crippen molar-refractivity contribution in [2.75, 3.05) is 19.6 Å². The molecule has 2 aromatic carbocycles. The molecule has 0 aliphatic carbocycles. The number of thioether (sulfide) groups is 1. The highest BCUT2D eigenvalue weighted by molar-refractivity contribution is 8.18. The van der Waals surface area contributed by atoms with Gasteiger partial charge in [-0.2, -0.15) is 0 Å². The van der Waals surface area contributed by atoms with Crippen LogP contribution in [0.4, 0.5) is 4.79 Å². The van der Waals surface area contributed by atoms with E-state index in [1.807, 2.05) is 54.6 Å². The number of carbonyl (C=O) groups excluding carboxylic acids is 3. The van der Waals surface area contributed by atoms with Crippen LogP contribution in [0.15, 0.2) is 59.5 Å². The molecule has 0 atom stereocenters. The van der Waals surface area contributed by atoms with Crippen LogP contribution >= 0.6 is 11.8 Å². The minimum atomic E-state index is -0.389. The number of imide groups is 1. The predicted octanol–water partition coefficient (Wildman–Crippen LogP) is 4.79. The second-order valence-corrected chi connectivity index (χ2v) is 8.54. The quantitative estimate of drug-likeness (QED) is 0.667. The molecule has 0 radical (unpaired) electrons. The molecule has 6 heteroatoms. The third-order valence-corrected chi connectivity index (χ3v) is 6.35. The molecule has 0 saturated carbocycles. The third kappa shape index (κ3) is 4.65. The molecule has 2 aliphatic heterocycles. The van der Waals surface area contributed by atoms with Crippen molar-refractivity contribution in [3.05, 3.63) is 65.1 Å². The lowest BCUT2D eigenvalue weighted by molar-refractivity contribution is -0.135. The molecule has 0 aromatic heterocycles. The van der Waals surface area contributed by atoms with Crippen LogP contribution in [0.25, 0.3) is 17.2 Å². The fraction of sp³-hybridized carbons (Fsp3) is 0.292. The van der Waals surface area contributed by atoms with Gasteiger partial charge < -0.3 is 4.90 Å². The summed E-state index contributed by atoms with van der Waals surface area (Å²) in [5.41, 5.74) is 3.05. The van der Waals surface area contributed by atoms with Crippen LogP contribution in [0, 0.1) is 0 Å². The Kier molecular flexibility index (Phi) is 6.33. The first-order chi connectivity index (χ1) is 14.6. The Bertz CT molecular complexity index is 962. The summed E-state index contributed by atoms with van der Waals surface area (Å²) >= 11 is 0.898. The number of benzene rings is 2. The van der Waals surface area contributed by atoms with E-state index in [1.54, 1.807) is 11.0 Å². The van der Waals surface area contributed by atoms with E-state index in [4.69, 9.17) is 0 Å². The van der Waals surface area contributed by atoms with Crippen LogP contribution in [0.2, 0.25) is 0 Å². The van der Waals surface area contributed by atoms with Crippen molar-refractivity contribution >= 4 is 34.9 Å². The Morgan fingerprint density at radius 3 is 2.17 bits per heavy atom. The lowest BCUT2D eigenvalue weighted by Gasteiger charge is -2.22. The summed E-state index contributed by atoms with van der Waals surface area (Å²) in [5, 5.41) is -0.379. The van der Waals surface area contributed by atoms with Gasteiger partial charge in [-0.05, 0) is 47.4 Å². The summed E-state index contributed by atoms with van der Waals surface area (Å²) in [6, 6.07) is 17.9. The summed E-state index contributed by atoms with van der Waals surface area (Å²) in [6.45, 7) is 1.24. The fourth-order valence-electron chi connectivity index (χ4n) is 3.75. The van der Waals surface area contributed by atoms with E-state index in [0.29, 0.717) is 18.0 Å². The number of likely N-dealkylation sites (tertiary alicyclic amines) is 1. The minimum Gasteiger partial charge on any atom is -0.341 e. The lowest BCUT2D eigenvalue weighted by atomic mass is 10.0. The topological polar surface area (TPSA) is 57.7 Å². The first-order valence-electron chi connectivity index (χ1n) is 10.3. The highest BCUT2D eigenvalue weighted by Gasteiger charge is 2.37. The maximum absolute atomic E-state index is 12.7. The van der Waals surface area contributed by atoms with Crippen molar-refractivity contribution in [1.29, 1.82) is 0 Å². The molecule has 0 spiro atoms. The average Bonchev–Trinajstić information content (AvgIpc) is 2.97. The van der Waals surface area contributed by atoms with E-state index in [9.17, 15) is 14.4 Å². The van der Waals surface area contributed by atoms with Gasteiger partial charge in [0.15, 0.2) is 0 Å². The molecule has 2 aliphatic rings. The van der Waals surface area contributed by atoms with Gasteiger partial charge in [-0.1, -0.05) is 67.4 Å². The molecule has 2 aromatic rings. The Morgan fingerprint density at radius 2 is 1.50 bits per heavy atom. The van der Waals surface area contributed by atoms with Crippen molar-refractivity contribution in [3.63, 3.8) is 0 Å². The van der Waals surface area contributed by atoms with Gasteiger partial charge in [0, 0.05) is 13.1 Å². The maximum atomic E-state index is 12.7. The van der Waals surface area contributed by atoms with Crippen molar-refractivity contribution in [3.8, 4) is 11.1 Å². The molecule has 4 rings (SSSR count). The number of rotatable bonds is 4. The third-order valence-electron chi connectivity index (χ3n) is 5.44. The Hall–Kier alpha value is -2.86. The second-order valence-electron chi connectivity index (χ2n) is 7.55. The number of hydrogen-bond donors (Lipinski definition) is 0. The normalized spacial score (nSPS) is 18.7. The van der Waals surface area contributed by atoms with Crippen LogP contribution in [-0.4, -0.2) is 46.5 Å². The van der Waals surface area contributed by atoms with Crippen molar-refractivity contribution in [2.45, 2.75) is 25.7 Å². The minimum absolute atomic E-state index is 0.146. The van der Waals surface area contributed by atoms with E-state index in [0.717, 1.165) is 59.0 Å². The molecule has 0 unspecified atom stereocenters. The van der Waals surface area contributed by atoms with Gasteiger partial charge in [-0.25, -0.2) is 0 Å². The standard InChI is InChI=1S/C24H24N2O3S/c27-22(25-14-6-1-2-7-15-25)17-26-23(28)21(30-24(26)29)16-18-10-12-20(13-11-18)19-8-4-3-5-9-19/h3-5,8-13,16H,1-2,6-7,14-15,17H2/b21-16+. The van der Waals surface area contributed by atoms with E-state index in [2.05, 4.69) is 0 Å². The van der Waals surface area contributed by atoms with Crippen LogP contribution in [0.5, 0.6) is 0 Å². The molecule has 0 bridgehead atoms. The molecular formula is C24H24N2O3S. The Balaban J connectivity index is 1.44. The first kappa shape index (κ1) is 20.4. The summed E-state index contributed by atoms with van der Waals surface area (Å²) in [5.74, 6) is -0.534. The lowest BCUT2D eigenvalue weighted by Crippen LogP contribution is -2.42. The van der Waals surface area contributed by atoms with Gasteiger partial charge in [0.05, 0.1) is 4.91 Å². The Labute approximate surface area is 180 Å². The Morgan fingerprint density at radius 1 is 0.867 bits per heavy atom. The van der Waals surface area contributed by atoms with Gasteiger partial charge >= 0.3 is 0 Å². The van der Waals surface area contributed by atoms with Crippen LogP contribution < -0.4 is 0 Å². The summed E-state index contributed by atoms with van der Waals surface area (Å²) < 4.78 is 0. The second kappa shape index (κ2) is 9.30. The zero-order valence-corrected chi connectivity index (χ0v) is 17.6. The number of amides is 3.